The molecule has 0 fully saturated rings. The standard InChI is InChI=1S/C15H11Br2FO2/c1-20-14-6-5-9(7-11(14)16)13(19)8-10-3-2-4-12(18)15(10)17/h2-7H,8H2,1H3. The summed E-state index contributed by atoms with van der Waals surface area (Å²) in [6.07, 6.45) is 0.136. The molecule has 0 aliphatic rings. The van der Waals surface area contributed by atoms with Gasteiger partial charge in [-0.25, -0.2) is 4.39 Å². The quantitative estimate of drug-likeness (QED) is 0.688. The summed E-state index contributed by atoms with van der Waals surface area (Å²) >= 11 is 6.50. The van der Waals surface area contributed by atoms with E-state index >= 15 is 0 Å². The zero-order chi connectivity index (χ0) is 14.7. The Morgan fingerprint density at radius 2 is 2.00 bits per heavy atom. The molecule has 20 heavy (non-hydrogen) atoms. The highest BCUT2D eigenvalue weighted by Crippen LogP contribution is 2.27. The van der Waals surface area contributed by atoms with Crippen LogP contribution < -0.4 is 4.74 Å². The molecule has 2 rings (SSSR count). The van der Waals surface area contributed by atoms with Gasteiger partial charge in [0, 0.05) is 12.0 Å². The molecule has 0 spiro atoms. The molecule has 0 amide bonds. The Morgan fingerprint density at radius 1 is 1.25 bits per heavy atom. The molecule has 0 bridgehead atoms. The molecule has 0 unspecified atom stereocenters. The smallest absolute Gasteiger partial charge is 0.167 e. The van der Waals surface area contributed by atoms with Crippen molar-refractivity contribution in [3.8, 4) is 5.75 Å². The van der Waals surface area contributed by atoms with Crippen LogP contribution >= 0.6 is 31.9 Å². The van der Waals surface area contributed by atoms with E-state index in [0.29, 0.717) is 25.8 Å². The highest BCUT2D eigenvalue weighted by molar-refractivity contribution is 9.10. The lowest BCUT2D eigenvalue weighted by atomic mass is 10.0. The first-order chi connectivity index (χ1) is 9.52. The van der Waals surface area contributed by atoms with Crippen LogP contribution in [-0.2, 0) is 6.42 Å². The molecule has 2 aromatic carbocycles. The van der Waals surface area contributed by atoms with E-state index in [1.807, 2.05) is 0 Å². The van der Waals surface area contributed by atoms with Crippen LogP contribution in [0.25, 0.3) is 0 Å². The lowest BCUT2D eigenvalue weighted by molar-refractivity contribution is 0.0992. The average molecular weight is 402 g/mol. The number of hydrogen-bond acceptors (Lipinski definition) is 2. The zero-order valence-corrected chi connectivity index (χ0v) is 13.8. The minimum atomic E-state index is -0.369. The number of halogens is 3. The van der Waals surface area contributed by atoms with Gasteiger partial charge >= 0.3 is 0 Å². The van der Waals surface area contributed by atoms with Crippen LogP contribution in [0.5, 0.6) is 5.75 Å². The van der Waals surface area contributed by atoms with Crippen molar-refractivity contribution in [2.24, 2.45) is 0 Å². The van der Waals surface area contributed by atoms with Gasteiger partial charge in [0.2, 0.25) is 0 Å². The van der Waals surface area contributed by atoms with Crippen molar-refractivity contribution >= 4 is 37.6 Å². The lowest BCUT2D eigenvalue weighted by Crippen LogP contribution is -2.05. The topological polar surface area (TPSA) is 26.3 Å². The van der Waals surface area contributed by atoms with Crippen molar-refractivity contribution in [3.05, 3.63) is 62.3 Å². The van der Waals surface area contributed by atoms with Gasteiger partial charge in [0.05, 0.1) is 16.1 Å². The Bertz CT molecular complexity index is 656. The molecule has 2 aromatic rings. The highest BCUT2D eigenvalue weighted by Gasteiger charge is 2.13. The normalized spacial score (nSPS) is 10.4. The van der Waals surface area contributed by atoms with E-state index in [4.69, 9.17) is 4.74 Å². The van der Waals surface area contributed by atoms with E-state index in [1.165, 1.54) is 6.07 Å². The molecule has 0 radical (unpaired) electrons. The van der Waals surface area contributed by atoms with Gasteiger partial charge in [-0.15, -0.1) is 0 Å². The van der Waals surface area contributed by atoms with Gasteiger partial charge in [-0.3, -0.25) is 4.79 Å². The van der Waals surface area contributed by atoms with Crippen molar-refractivity contribution < 1.29 is 13.9 Å². The molecule has 5 heteroatoms. The molecule has 0 atom stereocenters. The Hall–Kier alpha value is -1.20. The van der Waals surface area contributed by atoms with Crippen molar-refractivity contribution in [2.45, 2.75) is 6.42 Å². The van der Waals surface area contributed by atoms with Crippen LogP contribution in [-0.4, -0.2) is 12.9 Å². The first kappa shape index (κ1) is 15.2. The summed E-state index contributed by atoms with van der Waals surface area (Å²) in [6.45, 7) is 0. The van der Waals surface area contributed by atoms with E-state index in [2.05, 4.69) is 31.9 Å². The Balaban J connectivity index is 2.24. The third-order valence-electron chi connectivity index (χ3n) is 2.86. The number of benzene rings is 2. The SMILES string of the molecule is COc1ccc(C(=O)Cc2cccc(F)c2Br)cc1Br. The summed E-state index contributed by atoms with van der Waals surface area (Å²) in [5.41, 5.74) is 1.18. The van der Waals surface area contributed by atoms with Crippen molar-refractivity contribution in [1.29, 1.82) is 0 Å². The summed E-state index contributed by atoms with van der Waals surface area (Å²) in [4.78, 5) is 12.2. The second-order valence-corrected chi connectivity index (χ2v) is 5.81. The van der Waals surface area contributed by atoms with Gasteiger partial charge in [0.25, 0.3) is 0 Å². The summed E-state index contributed by atoms with van der Waals surface area (Å²) in [5, 5.41) is 0. The molecule has 0 N–H and O–H groups in total. The molecule has 0 saturated carbocycles. The number of methoxy groups -OCH3 is 1. The minimum absolute atomic E-state index is 0.0837. The van der Waals surface area contributed by atoms with Gasteiger partial charge in [-0.05, 0) is 61.7 Å². The van der Waals surface area contributed by atoms with Crippen LogP contribution in [0.15, 0.2) is 45.3 Å². The molecule has 0 aliphatic heterocycles. The fourth-order valence-corrected chi connectivity index (χ4v) is 2.75. The third-order valence-corrected chi connectivity index (χ3v) is 4.36. The summed E-state index contributed by atoms with van der Waals surface area (Å²) < 4.78 is 19.6. The number of ketones is 1. The van der Waals surface area contributed by atoms with Gasteiger partial charge in [0.15, 0.2) is 5.78 Å². The number of carbonyl (C=O) groups excluding carboxylic acids is 1. The van der Waals surface area contributed by atoms with E-state index in [9.17, 15) is 9.18 Å². The number of rotatable bonds is 4. The first-order valence-electron chi connectivity index (χ1n) is 5.82. The minimum Gasteiger partial charge on any atom is -0.496 e. The fraction of sp³-hybridized carbons (Fsp3) is 0.133. The molecular weight excluding hydrogens is 391 g/mol. The fourth-order valence-electron chi connectivity index (χ4n) is 1.80. The van der Waals surface area contributed by atoms with Gasteiger partial charge in [-0.1, -0.05) is 12.1 Å². The van der Waals surface area contributed by atoms with Crippen LogP contribution in [0, 0.1) is 5.82 Å². The maximum atomic E-state index is 13.4. The van der Waals surface area contributed by atoms with Gasteiger partial charge < -0.3 is 4.74 Å². The maximum Gasteiger partial charge on any atom is 0.167 e. The van der Waals surface area contributed by atoms with Crippen LogP contribution in [0.2, 0.25) is 0 Å². The van der Waals surface area contributed by atoms with Crippen LogP contribution in [0.1, 0.15) is 15.9 Å². The van der Waals surface area contributed by atoms with Crippen LogP contribution in [0.3, 0.4) is 0 Å². The number of carbonyl (C=O) groups is 1. The molecular formula is C15H11Br2FO2. The Morgan fingerprint density at radius 3 is 2.65 bits per heavy atom. The van der Waals surface area contributed by atoms with E-state index < -0.39 is 0 Å². The van der Waals surface area contributed by atoms with Crippen LogP contribution in [0.4, 0.5) is 4.39 Å². The number of ether oxygens (including phenoxy) is 1. The first-order valence-corrected chi connectivity index (χ1v) is 7.41. The van der Waals surface area contributed by atoms with E-state index in [1.54, 1.807) is 37.4 Å². The summed E-state index contributed by atoms with van der Waals surface area (Å²) in [6, 6.07) is 9.78. The largest absolute Gasteiger partial charge is 0.496 e. The van der Waals surface area contributed by atoms with Crippen molar-refractivity contribution in [2.75, 3.05) is 7.11 Å². The average Bonchev–Trinajstić information content (AvgIpc) is 2.43. The lowest BCUT2D eigenvalue weighted by Gasteiger charge is -2.07. The molecule has 0 aromatic heterocycles. The predicted molar refractivity (Wildman–Crippen MR) is 82.8 cm³/mol. The number of Topliss-reactive ketones (excluding diaryl/α,β-unsaturated/α-hetero) is 1. The maximum absolute atomic E-state index is 13.4. The number of hydrogen-bond donors (Lipinski definition) is 0. The zero-order valence-electron chi connectivity index (χ0n) is 10.6. The molecule has 2 nitrogen and oxygen atoms in total. The Kier molecular flexibility index (Phi) is 4.94. The van der Waals surface area contributed by atoms with Gasteiger partial charge in [0.1, 0.15) is 11.6 Å². The monoisotopic (exact) mass is 400 g/mol. The van der Waals surface area contributed by atoms with Gasteiger partial charge in [-0.2, -0.15) is 0 Å². The Labute approximate surface area is 133 Å². The van der Waals surface area contributed by atoms with Crippen molar-refractivity contribution in [3.63, 3.8) is 0 Å². The van der Waals surface area contributed by atoms with E-state index in [-0.39, 0.29) is 18.0 Å². The molecule has 0 heterocycles. The molecule has 104 valence electrons. The summed E-state index contributed by atoms with van der Waals surface area (Å²) in [5.74, 6) is 0.208. The second kappa shape index (κ2) is 6.50. The molecule has 0 saturated heterocycles. The summed E-state index contributed by atoms with van der Waals surface area (Å²) in [7, 11) is 1.56. The predicted octanol–water partition coefficient (Wildman–Crippen LogP) is 4.78. The second-order valence-electron chi connectivity index (χ2n) is 4.16. The van der Waals surface area contributed by atoms with Crippen molar-refractivity contribution in [1.82, 2.24) is 0 Å². The molecule has 0 aliphatic carbocycles. The highest BCUT2D eigenvalue weighted by atomic mass is 79.9. The van der Waals surface area contributed by atoms with E-state index in [0.717, 1.165) is 0 Å². The third kappa shape index (κ3) is 3.27.